The number of nitriles is 2. The fraction of sp³-hybridized carbons (Fsp3) is 0.238. The molecule has 0 spiro atoms. The van der Waals surface area contributed by atoms with E-state index < -0.39 is 0 Å². The van der Waals surface area contributed by atoms with E-state index in [1.54, 1.807) is 0 Å². The third-order valence-corrected chi connectivity index (χ3v) is 5.33. The van der Waals surface area contributed by atoms with Crippen LogP contribution < -0.4 is 4.90 Å². The maximum atomic E-state index is 9.30. The molecule has 5 heteroatoms. The molecule has 5 rings (SSSR count). The molecule has 1 aliphatic heterocycles. The minimum Gasteiger partial charge on any atom is -0.371 e. The minimum atomic E-state index is 0.0901. The van der Waals surface area contributed by atoms with Crippen molar-refractivity contribution < 1.29 is 0 Å². The molecule has 26 heavy (non-hydrogen) atoms. The molecule has 1 aromatic heterocycles. The molecule has 3 aromatic rings. The van der Waals surface area contributed by atoms with E-state index in [9.17, 15) is 10.5 Å². The Morgan fingerprint density at radius 3 is 2.12 bits per heavy atom. The normalized spacial score (nSPS) is 14.8. The number of piperidine rings is 1. The average molecular weight is 337 g/mol. The quantitative estimate of drug-likeness (QED) is 0.524. The molecule has 0 saturated carbocycles. The van der Waals surface area contributed by atoms with Gasteiger partial charge in [-0.25, -0.2) is 9.97 Å². The van der Waals surface area contributed by atoms with Crippen LogP contribution in [0, 0.1) is 22.7 Å². The molecular formula is C21H15N5. The van der Waals surface area contributed by atoms with Crippen LogP contribution in [-0.4, -0.2) is 23.1 Å². The van der Waals surface area contributed by atoms with Gasteiger partial charge in [-0.15, -0.1) is 0 Å². The first-order chi connectivity index (χ1) is 12.8. The molecule has 0 bridgehead atoms. The predicted molar refractivity (Wildman–Crippen MR) is 99.5 cm³/mol. The Balaban J connectivity index is 1.79. The maximum Gasteiger partial charge on any atom is 0.177 e. The highest BCUT2D eigenvalue weighted by Gasteiger charge is 2.28. The Hall–Kier alpha value is -3.44. The summed E-state index contributed by atoms with van der Waals surface area (Å²) in [6.45, 7) is 2.17. The number of fused-ring (bicyclic) bond motifs is 3. The molecule has 0 unspecified atom stereocenters. The second kappa shape index (κ2) is 5.54. The monoisotopic (exact) mass is 337 g/mol. The van der Waals surface area contributed by atoms with Crippen molar-refractivity contribution >= 4 is 16.5 Å². The summed E-state index contributed by atoms with van der Waals surface area (Å²) in [7, 11) is 0. The Labute approximate surface area is 151 Å². The van der Waals surface area contributed by atoms with Crippen LogP contribution >= 0.6 is 0 Å². The summed E-state index contributed by atoms with van der Waals surface area (Å²) in [5.41, 5.74) is 4.84. The van der Waals surface area contributed by atoms with Crippen molar-refractivity contribution in [3.63, 3.8) is 0 Å². The number of benzene rings is 2. The zero-order valence-electron chi connectivity index (χ0n) is 14.2. The molecule has 1 saturated heterocycles. The van der Waals surface area contributed by atoms with Crippen molar-refractivity contribution in [2.45, 2.75) is 19.3 Å². The van der Waals surface area contributed by atoms with E-state index in [1.807, 2.05) is 24.3 Å². The zero-order valence-corrected chi connectivity index (χ0v) is 14.2. The third-order valence-electron chi connectivity index (χ3n) is 5.33. The van der Waals surface area contributed by atoms with E-state index in [0.29, 0.717) is 11.4 Å². The summed E-state index contributed by atoms with van der Waals surface area (Å²) in [5.74, 6) is 0. The zero-order chi connectivity index (χ0) is 17.7. The van der Waals surface area contributed by atoms with E-state index in [1.165, 1.54) is 30.3 Å². The number of anilines is 1. The highest BCUT2D eigenvalue weighted by molar-refractivity contribution is 6.16. The lowest BCUT2D eigenvalue weighted by atomic mass is 10.0. The standard InChI is InChI=1S/C21H15N5/c22-11-16-17(12-23)25-21-15-7-8-18(26-9-2-1-3-10-26)13-5-4-6-14(19(13)15)20(21)24-16/h4-8H,1-3,9-10H2. The lowest BCUT2D eigenvalue weighted by molar-refractivity contribution is 0.579. The SMILES string of the molecule is N#Cc1nc2c(nc1C#N)-c1ccc(N3CCCCC3)c3cccc-2c13. The van der Waals surface area contributed by atoms with E-state index >= 15 is 0 Å². The Bertz CT molecular complexity index is 1100. The van der Waals surface area contributed by atoms with Gasteiger partial charge in [0.2, 0.25) is 0 Å². The Morgan fingerprint density at radius 1 is 0.808 bits per heavy atom. The molecule has 5 nitrogen and oxygen atoms in total. The van der Waals surface area contributed by atoms with Crippen molar-refractivity contribution in [3.8, 4) is 34.7 Å². The molecule has 2 heterocycles. The number of aromatic nitrogens is 2. The van der Waals surface area contributed by atoms with Crippen LogP contribution in [0.5, 0.6) is 0 Å². The number of hydrogen-bond acceptors (Lipinski definition) is 5. The maximum absolute atomic E-state index is 9.30. The van der Waals surface area contributed by atoms with Gasteiger partial charge in [-0.2, -0.15) is 10.5 Å². The van der Waals surface area contributed by atoms with E-state index in [-0.39, 0.29) is 11.4 Å². The molecular weight excluding hydrogens is 322 g/mol. The lowest BCUT2D eigenvalue weighted by Gasteiger charge is -2.30. The van der Waals surface area contributed by atoms with E-state index in [4.69, 9.17) is 0 Å². The summed E-state index contributed by atoms with van der Waals surface area (Å²) < 4.78 is 0. The highest BCUT2D eigenvalue weighted by atomic mass is 15.1. The number of rotatable bonds is 1. The number of nitrogens with zero attached hydrogens (tertiary/aromatic N) is 5. The van der Waals surface area contributed by atoms with Crippen LogP contribution in [0.15, 0.2) is 30.3 Å². The van der Waals surface area contributed by atoms with Crippen molar-refractivity contribution in [3.05, 3.63) is 41.7 Å². The second-order valence-corrected chi connectivity index (χ2v) is 6.75. The first-order valence-electron chi connectivity index (χ1n) is 8.85. The van der Waals surface area contributed by atoms with Crippen molar-refractivity contribution in [1.82, 2.24) is 9.97 Å². The second-order valence-electron chi connectivity index (χ2n) is 6.75. The van der Waals surface area contributed by atoms with Gasteiger partial charge in [0.15, 0.2) is 11.4 Å². The van der Waals surface area contributed by atoms with Crippen molar-refractivity contribution in [1.29, 1.82) is 10.5 Å². The summed E-state index contributed by atoms with van der Waals surface area (Å²) in [6.07, 6.45) is 3.75. The lowest BCUT2D eigenvalue weighted by Crippen LogP contribution is -2.29. The van der Waals surface area contributed by atoms with Gasteiger partial charge < -0.3 is 4.90 Å². The molecule has 1 fully saturated rings. The van der Waals surface area contributed by atoms with Gasteiger partial charge in [-0.05, 0) is 31.4 Å². The molecule has 0 N–H and O–H groups in total. The van der Waals surface area contributed by atoms with Gasteiger partial charge in [-0.3, -0.25) is 0 Å². The van der Waals surface area contributed by atoms with Gasteiger partial charge in [0.1, 0.15) is 12.1 Å². The fourth-order valence-electron chi connectivity index (χ4n) is 4.16. The molecule has 0 radical (unpaired) electrons. The van der Waals surface area contributed by atoms with Crippen molar-refractivity contribution in [2.75, 3.05) is 18.0 Å². The van der Waals surface area contributed by atoms with Crippen LogP contribution in [0.4, 0.5) is 5.69 Å². The average Bonchev–Trinajstić information content (AvgIpc) is 3.02. The van der Waals surface area contributed by atoms with Crippen LogP contribution in [0.2, 0.25) is 0 Å². The number of hydrogen-bond donors (Lipinski definition) is 0. The van der Waals surface area contributed by atoms with Crippen LogP contribution in [-0.2, 0) is 0 Å². The van der Waals surface area contributed by atoms with Gasteiger partial charge in [0.25, 0.3) is 0 Å². The fourth-order valence-corrected chi connectivity index (χ4v) is 4.16. The predicted octanol–water partition coefficient (Wildman–Crippen LogP) is 4.01. The highest BCUT2D eigenvalue weighted by Crippen LogP contribution is 2.48. The van der Waals surface area contributed by atoms with Crippen LogP contribution in [0.25, 0.3) is 33.3 Å². The first kappa shape index (κ1) is 14.9. The van der Waals surface area contributed by atoms with Gasteiger partial charge in [0, 0.05) is 40.7 Å². The largest absolute Gasteiger partial charge is 0.371 e. The molecule has 1 aliphatic carbocycles. The van der Waals surface area contributed by atoms with Crippen LogP contribution in [0.3, 0.4) is 0 Å². The van der Waals surface area contributed by atoms with Gasteiger partial charge in [0.05, 0.1) is 11.4 Å². The van der Waals surface area contributed by atoms with Crippen LogP contribution in [0.1, 0.15) is 30.7 Å². The molecule has 2 aromatic carbocycles. The summed E-state index contributed by atoms with van der Waals surface area (Å²) in [5, 5.41) is 20.9. The molecule has 2 aliphatic rings. The molecule has 124 valence electrons. The van der Waals surface area contributed by atoms with E-state index in [2.05, 4.69) is 33.1 Å². The first-order valence-corrected chi connectivity index (χ1v) is 8.85. The summed E-state index contributed by atoms with van der Waals surface area (Å²) in [4.78, 5) is 11.4. The minimum absolute atomic E-state index is 0.0901. The summed E-state index contributed by atoms with van der Waals surface area (Å²) >= 11 is 0. The van der Waals surface area contributed by atoms with E-state index in [0.717, 1.165) is 29.6 Å². The molecule has 0 amide bonds. The Morgan fingerprint density at radius 2 is 1.46 bits per heavy atom. The third kappa shape index (κ3) is 1.95. The smallest absolute Gasteiger partial charge is 0.177 e. The Kier molecular flexibility index (Phi) is 3.17. The molecule has 0 atom stereocenters. The summed E-state index contributed by atoms with van der Waals surface area (Å²) in [6, 6.07) is 14.4. The van der Waals surface area contributed by atoms with Crippen molar-refractivity contribution in [2.24, 2.45) is 0 Å². The topological polar surface area (TPSA) is 76.6 Å². The van der Waals surface area contributed by atoms with Gasteiger partial charge >= 0.3 is 0 Å². The van der Waals surface area contributed by atoms with Gasteiger partial charge in [-0.1, -0.05) is 18.2 Å².